The first-order valence-corrected chi connectivity index (χ1v) is 5.65. The molecule has 0 fully saturated rings. The number of amides is 3. The van der Waals surface area contributed by atoms with Gasteiger partial charge >= 0.3 is 6.03 Å². The normalized spacial score (nSPS) is 9.88. The minimum atomic E-state index is -0.625. The summed E-state index contributed by atoms with van der Waals surface area (Å²) in [4.78, 5) is 25.0. The zero-order valence-electron chi connectivity index (χ0n) is 10.2. The van der Waals surface area contributed by atoms with E-state index in [-0.39, 0.29) is 11.6 Å². The lowest BCUT2D eigenvalue weighted by Crippen LogP contribution is -2.28. The molecule has 94 valence electrons. The minimum Gasteiger partial charge on any atom is -0.495 e. The number of carbonyl (C=O) groups is 2. The lowest BCUT2D eigenvalue weighted by molar-refractivity contribution is 0.0998. The van der Waals surface area contributed by atoms with Crippen molar-refractivity contribution in [2.75, 3.05) is 26.5 Å². The van der Waals surface area contributed by atoms with Gasteiger partial charge in [-0.15, -0.1) is 11.3 Å². The first-order valence-electron chi connectivity index (χ1n) is 4.84. The van der Waals surface area contributed by atoms with Crippen molar-refractivity contribution in [3.63, 3.8) is 0 Å². The van der Waals surface area contributed by atoms with Gasteiger partial charge < -0.3 is 15.4 Å². The Morgan fingerprint density at radius 1 is 1.41 bits per heavy atom. The van der Waals surface area contributed by atoms with Crippen LogP contribution in [0.25, 0.3) is 0 Å². The molecule has 17 heavy (non-hydrogen) atoms. The molecule has 0 saturated heterocycles. The Morgan fingerprint density at radius 3 is 2.41 bits per heavy atom. The van der Waals surface area contributed by atoms with Crippen LogP contribution in [0.4, 0.5) is 9.80 Å². The Morgan fingerprint density at radius 2 is 2.00 bits per heavy atom. The van der Waals surface area contributed by atoms with Gasteiger partial charge in [0.25, 0.3) is 5.91 Å². The molecule has 1 rings (SSSR count). The van der Waals surface area contributed by atoms with Gasteiger partial charge in [0.15, 0.2) is 0 Å². The van der Waals surface area contributed by atoms with E-state index in [0.717, 1.165) is 4.88 Å². The van der Waals surface area contributed by atoms with Crippen molar-refractivity contribution >= 4 is 28.3 Å². The second-order valence-electron chi connectivity index (χ2n) is 3.58. The zero-order valence-corrected chi connectivity index (χ0v) is 11.0. The van der Waals surface area contributed by atoms with Gasteiger partial charge in [0.1, 0.15) is 16.3 Å². The van der Waals surface area contributed by atoms with E-state index in [1.54, 1.807) is 21.0 Å². The summed E-state index contributed by atoms with van der Waals surface area (Å²) in [5.74, 6) is -0.211. The van der Waals surface area contributed by atoms with Crippen LogP contribution in [-0.4, -0.2) is 38.0 Å². The van der Waals surface area contributed by atoms with Gasteiger partial charge in [-0.25, -0.2) is 4.79 Å². The highest BCUT2D eigenvalue weighted by Gasteiger charge is 2.22. The van der Waals surface area contributed by atoms with Crippen molar-refractivity contribution in [1.82, 2.24) is 4.90 Å². The second-order valence-corrected chi connectivity index (χ2v) is 4.81. The number of urea groups is 1. The van der Waals surface area contributed by atoms with Gasteiger partial charge in [0.2, 0.25) is 0 Å². The van der Waals surface area contributed by atoms with Crippen LogP contribution in [0.15, 0.2) is 0 Å². The number of primary amides is 1. The Bertz CT molecular complexity index is 454. The van der Waals surface area contributed by atoms with Gasteiger partial charge in [0.05, 0.1) is 7.11 Å². The molecule has 0 atom stereocenters. The number of carbonyl (C=O) groups excluding carboxylic acids is 2. The molecule has 1 heterocycles. The van der Waals surface area contributed by atoms with Crippen molar-refractivity contribution in [3.8, 4) is 5.75 Å². The smallest absolute Gasteiger partial charge is 0.321 e. The largest absolute Gasteiger partial charge is 0.495 e. The third kappa shape index (κ3) is 2.68. The summed E-state index contributed by atoms with van der Waals surface area (Å²) in [5, 5.41) is 3.02. The molecule has 0 unspecified atom stereocenters. The Balaban J connectivity index is 3.16. The maximum atomic E-state index is 11.5. The van der Waals surface area contributed by atoms with E-state index in [4.69, 9.17) is 10.5 Å². The van der Waals surface area contributed by atoms with E-state index >= 15 is 0 Å². The summed E-state index contributed by atoms with van der Waals surface area (Å²) in [6.07, 6.45) is 0. The number of ether oxygens (including phenoxy) is 1. The highest BCUT2D eigenvalue weighted by atomic mass is 32.1. The van der Waals surface area contributed by atoms with Crippen LogP contribution in [0.5, 0.6) is 5.75 Å². The molecule has 0 aliphatic heterocycles. The van der Waals surface area contributed by atoms with Gasteiger partial charge in [-0.1, -0.05) is 0 Å². The van der Waals surface area contributed by atoms with Gasteiger partial charge in [-0.2, -0.15) is 0 Å². The quantitative estimate of drug-likeness (QED) is 0.854. The number of anilines is 1. The molecule has 1 aromatic heterocycles. The van der Waals surface area contributed by atoms with Crippen LogP contribution < -0.4 is 15.8 Å². The van der Waals surface area contributed by atoms with Crippen molar-refractivity contribution in [2.24, 2.45) is 5.73 Å². The Labute approximate surface area is 103 Å². The number of methoxy groups -OCH3 is 1. The van der Waals surface area contributed by atoms with E-state index in [1.165, 1.54) is 23.3 Å². The van der Waals surface area contributed by atoms with Crippen LogP contribution in [0.2, 0.25) is 0 Å². The predicted molar refractivity (Wildman–Crippen MR) is 66.8 cm³/mol. The van der Waals surface area contributed by atoms with Crippen molar-refractivity contribution < 1.29 is 14.3 Å². The first-order chi connectivity index (χ1) is 7.88. The average Bonchev–Trinajstić information content (AvgIpc) is 2.53. The van der Waals surface area contributed by atoms with Crippen molar-refractivity contribution in [3.05, 3.63) is 10.4 Å². The monoisotopic (exact) mass is 257 g/mol. The molecule has 1 aromatic rings. The lowest BCUT2D eigenvalue weighted by atomic mass is 10.2. The molecule has 7 heteroatoms. The van der Waals surface area contributed by atoms with Gasteiger partial charge in [-0.05, 0) is 6.92 Å². The van der Waals surface area contributed by atoms with E-state index in [9.17, 15) is 9.59 Å². The maximum absolute atomic E-state index is 11.5. The number of rotatable bonds is 3. The summed E-state index contributed by atoms with van der Waals surface area (Å²) in [6.45, 7) is 1.79. The van der Waals surface area contributed by atoms with Gasteiger partial charge in [-0.3, -0.25) is 10.1 Å². The SMILES string of the molecule is COc1c(C)sc(NC(=O)N(C)C)c1C(N)=O. The van der Waals surface area contributed by atoms with E-state index in [1.807, 2.05) is 0 Å². The van der Waals surface area contributed by atoms with Crippen LogP contribution >= 0.6 is 11.3 Å². The van der Waals surface area contributed by atoms with Gasteiger partial charge in [0, 0.05) is 19.0 Å². The van der Waals surface area contributed by atoms with Crippen molar-refractivity contribution in [2.45, 2.75) is 6.92 Å². The Hall–Kier alpha value is -1.76. The fourth-order valence-corrected chi connectivity index (χ4v) is 2.31. The van der Waals surface area contributed by atoms with Crippen molar-refractivity contribution in [1.29, 1.82) is 0 Å². The first kappa shape index (κ1) is 13.3. The second kappa shape index (κ2) is 5.05. The number of nitrogens with zero attached hydrogens (tertiary/aromatic N) is 1. The highest BCUT2D eigenvalue weighted by molar-refractivity contribution is 7.17. The van der Waals surface area contributed by atoms with Crippen LogP contribution in [-0.2, 0) is 0 Å². The molecule has 3 N–H and O–H groups in total. The minimum absolute atomic E-state index is 0.213. The summed E-state index contributed by atoms with van der Waals surface area (Å²) in [6, 6.07) is -0.323. The molecular formula is C10H15N3O3S. The van der Waals surface area contributed by atoms with Crippen LogP contribution in [0.3, 0.4) is 0 Å². The number of aryl methyl sites for hydroxylation is 1. The molecule has 0 aromatic carbocycles. The number of hydrogen-bond acceptors (Lipinski definition) is 4. The molecule has 0 bridgehead atoms. The molecule has 3 amide bonds. The summed E-state index contributed by atoms with van der Waals surface area (Å²) >= 11 is 1.26. The molecule has 0 spiro atoms. The third-order valence-electron chi connectivity index (χ3n) is 2.11. The third-order valence-corrected chi connectivity index (χ3v) is 3.11. The maximum Gasteiger partial charge on any atom is 0.321 e. The number of nitrogens with two attached hydrogens (primary N) is 1. The number of nitrogens with one attached hydrogen (secondary N) is 1. The van der Waals surface area contributed by atoms with E-state index in [2.05, 4.69) is 5.32 Å². The fraction of sp³-hybridized carbons (Fsp3) is 0.400. The molecule has 0 aliphatic rings. The number of thiophene rings is 1. The van der Waals surface area contributed by atoms with E-state index in [0.29, 0.717) is 10.8 Å². The average molecular weight is 257 g/mol. The van der Waals surface area contributed by atoms with E-state index < -0.39 is 5.91 Å². The molecule has 6 nitrogen and oxygen atoms in total. The molecular weight excluding hydrogens is 242 g/mol. The predicted octanol–water partition coefficient (Wildman–Crippen LogP) is 1.26. The summed E-state index contributed by atoms with van der Waals surface area (Å²) < 4.78 is 5.10. The summed E-state index contributed by atoms with van der Waals surface area (Å²) in [5.41, 5.74) is 5.49. The lowest BCUT2D eigenvalue weighted by Gasteiger charge is -2.11. The Kier molecular flexibility index (Phi) is 3.95. The molecule has 0 radical (unpaired) electrons. The number of hydrogen-bond donors (Lipinski definition) is 2. The fourth-order valence-electron chi connectivity index (χ4n) is 1.30. The highest BCUT2D eigenvalue weighted by Crippen LogP contribution is 2.38. The standard InChI is InChI=1S/C10H15N3O3S/c1-5-7(16-4)6(8(11)14)9(17-5)12-10(15)13(2)3/h1-4H3,(H2,11,14)(H,12,15). The van der Waals surface area contributed by atoms with Crippen LogP contribution in [0.1, 0.15) is 15.2 Å². The molecule has 0 saturated carbocycles. The topological polar surface area (TPSA) is 84.7 Å². The molecule has 0 aliphatic carbocycles. The zero-order chi connectivity index (χ0) is 13.2. The van der Waals surface area contributed by atoms with Crippen LogP contribution in [0, 0.1) is 6.92 Å². The summed E-state index contributed by atoms with van der Waals surface area (Å²) in [7, 11) is 4.67.